The molecule has 4 amide bonds. The average Bonchev–Trinajstić information content (AvgIpc) is 4.21. The first-order valence-electron chi connectivity index (χ1n) is 24.2. The molecule has 0 spiro atoms. The second-order valence-corrected chi connectivity index (χ2v) is 21.3. The molecule has 25 heteroatoms. The fourth-order valence-corrected chi connectivity index (χ4v) is 10.3. The summed E-state index contributed by atoms with van der Waals surface area (Å²) in [5, 5.41) is 24.6. The third kappa shape index (κ3) is 12.6. The number of aliphatic hydroxyl groups is 1. The maximum Gasteiger partial charge on any atom is 0.420 e. The minimum absolute atomic E-state index is 0.00819. The van der Waals surface area contributed by atoms with Gasteiger partial charge in [0.2, 0.25) is 17.7 Å². The van der Waals surface area contributed by atoms with Gasteiger partial charge in [-0.2, -0.15) is 31.6 Å². The van der Waals surface area contributed by atoms with Crippen LogP contribution in [0.4, 0.5) is 46.5 Å². The van der Waals surface area contributed by atoms with E-state index >= 15 is 8.78 Å². The van der Waals surface area contributed by atoms with Crippen LogP contribution in [-0.4, -0.2) is 98.8 Å². The van der Waals surface area contributed by atoms with E-state index in [1.807, 2.05) is 31.2 Å². The number of pyridine rings is 1. The number of thiazole rings is 1. The quantitative estimate of drug-likeness (QED) is 0.0455. The van der Waals surface area contributed by atoms with Gasteiger partial charge in [0, 0.05) is 31.7 Å². The Labute approximate surface area is 452 Å². The van der Waals surface area contributed by atoms with E-state index in [1.54, 1.807) is 26.3 Å². The summed E-state index contributed by atoms with van der Waals surface area (Å²) in [7, 11) is 0. The minimum Gasteiger partial charge on any atom is -0.491 e. The number of halogens is 8. The zero-order chi connectivity index (χ0) is 57.2. The standard InChI is InChI=1S/C53H52F8N8O7S2/c1-28-44(78-27-65-28)30-11-9-29(10-12-30)23-64-46(72)38-21-34(70)25-67(38)47(73)45(50(2,3)4)66-40(71)26-75-17-7-8-18-76-39-16-14-31(19-36(39)54)43-35(52(56,57)58)20-33(24-63-43)69-49(77)68(48(74)51(69,5)6)37-15-13-32(22-62)41(42(37)55)53(59,60)61/h9-16,19-20,24,27,34,38,45,70H,7-8,17-18,21,23,25-26H2,1-6H3,(H,64,72)(H,66,71)/t34-,38+,45-/m1/s1. The van der Waals surface area contributed by atoms with Crippen molar-refractivity contribution in [1.82, 2.24) is 25.5 Å². The number of hydrogen-bond donors (Lipinski definition) is 3. The monoisotopic (exact) mass is 1130 g/mol. The van der Waals surface area contributed by atoms with E-state index in [0.29, 0.717) is 23.5 Å². The number of benzene rings is 3. The summed E-state index contributed by atoms with van der Waals surface area (Å²) in [6.45, 7) is 9.13. The third-order valence-corrected chi connectivity index (χ3v) is 14.3. The van der Waals surface area contributed by atoms with Gasteiger partial charge in [0.25, 0.3) is 5.91 Å². The van der Waals surface area contributed by atoms with Crippen molar-refractivity contribution < 1.29 is 68.9 Å². The number of nitriles is 1. The van der Waals surface area contributed by atoms with Crippen LogP contribution in [0.5, 0.6) is 5.75 Å². The normalized spacial score (nSPS) is 17.1. The second kappa shape index (κ2) is 23.1. The first-order chi connectivity index (χ1) is 36.5. The Kier molecular flexibility index (Phi) is 17.3. The number of aryl methyl sites for hydroxylation is 1. The number of aromatic nitrogens is 2. The molecule has 0 unspecified atom stereocenters. The van der Waals surface area contributed by atoms with Crippen molar-refractivity contribution in [2.45, 2.75) is 103 Å². The number of ether oxygens (including phenoxy) is 2. The molecule has 0 aliphatic carbocycles. The van der Waals surface area contributed by atoms with E-state index in [-0.39, 0.29) is 50.5 Å². The number of alkyl halides is 6. The van der Waals surface area contributed by atoms with Crippen molar-refractivity contribution in [3.8, 4) is 33.5 Å². The molecule has 2 aromatic heterocycles. The molecular weight excluding hydrogens is 1080 g/mol. The fraction of sp³-hybridized carbons (Fsp3) is 0.396. The van der Waals surface area contributed by atoms with Crippen LogP contribution in [-0.2, 0) is 42.8 Å². The summed E-state index contributed by atoms with van der Waals surface area (Å²) in [5.74, 6) is -6.10. The highest BCUT2D eigenvalue weighted by molar-refractivity contribution is 7.81. The molecular formula is C53H52F8N8O7S2. The molecule has 0 radical (unpaired) electrons. The van der Waals surface area contributed by atoms with Crippen LogP contribution in [0.25, 0.3) is 21.7 Å². The Morgan fingerprint density at radius 1 is 0.962 bits per heavy atom. The summed E-state index contributed by atoms with van der Waals surface area (Å²) in [5.41, 5.74) is -5.19. The average molecular weight is 1130 g/mol. The Balaban J connectivity index is 0.910. The zero-order valence-electron chi connectivity index (χ0n) is 42.7. The molecule has 414 valence electrons. The Bertz CT molecular complexity index is 3160. The van der Waals surface area contributed by atoms with Crippen molar-refractivity contribution in [1.29, 1.82) is 5.26 Å². The van der Waals surface area contributed by atoms with E-state index < -0.39 is 122 Å². The predicted molar refractivity (Wildman–Crippen MR) is 275 cm³/mol. The van der Waals surface area contributed by atoms with E-state index in [0.717, 1.165) is 57.1 Å². The van der Waals surface area contributed by atoms with Gasteiger partial charge in [-0.25, -0.2) is 13.8 Å². The van der Waals surface area contributed by atoms with Crippen molar-refractivity contribution in [2.24, 2.45) is 5.41 Å². The molecule has 5 aromatic rings. The largest absolute Gasteiger partial charge is 0.491 e. The lowest BCUT2D eigenvalue weighted by Crippen LogP contribution is -2.58. The number of nitrogens with zero attached hydrogens (tertiary/aromatic N) is 6. The molecule has 15 nitrogen and oxygen atoms in total. The molecule has 78 heavy (non-hydrogen) atoms. The number of hydrogen-bond acceptors (Lipinski definition) is 12. The van der Waals surface area contributed by atoms with Crippen LogP contribution in [0.15, 0.2) is 72.4 Å². The van der Waals surface area contributed by atoms with E-state index in [4.69, 9.17) is 21.7 Å². The van der Waals surface area contributed by atoms with Gasteiger partial charge in [0.05, 0.1) is 69.3 Å². The third-order valence-electron chi connectivity index (χ3n) is 13.0. The van der Waals surface area contributed by atoms with E-state index in [9.17, 15) is 55.9 Å². The van der Waals surface area contributed by atoms with Crippen LogP contribution in [0.1, 0.15) is 81.8 Å². The molecule has 2 aliphatic rings. The highest BCUT2D eigenvalue weighted by Gasteiger charge is 2.53. The Hall–Kier alpha value is -7.14. The Morgan fingerprint density at radius 2 is 1.64 bits per heavy atom. The summed E-state index contributed by atoms with van der Waals surface area (Å²) >= 11 is 6.88. The number of aliphatic hydroxyl groups excluding tert-OH is 1. The first kappa shape index (κ1) is 58.5. The number of thiocarbonyl (C=S) groups is 1. The molecule has 2 aliphatic heterocycles. The SMILES string of the molecule is Cc1ncsc1-c1ccc(CNC(=O)[C@@H]2C[C@@H](O)CN2C(=O)[C@@H](NC(=O)COCCCCOc2ccc(-c3ncc(N4C(=S)N(c5ccc(C#N)c(C(F)(F)F)c5F)C(=O)C4(C)C)cc3C(F)(F)F)cc2F)C(C)(C)C)cc1. The lowest BCUT2D eigenvalue weighted by atomic mass is 9.85. The maximum atomic E-state index is 15.5. The topological polar surface area (TPSA) is 190 Å². The number of carbonyl (C=O) groups excluding carboxylic acids is 4. The number of nitrogens with one attached hydrogen (secondary N) is 2. The summed E-state index contributed by atoms with van der Waals surface area (Å²) in [6, 6.07) is 11.7. The lowest BCUT2D eigenvalue weighted by molar-refractivity contribution is -0.144. The van der Waals surface area contributed by atoms with Gasteiger partial charge in [-0.15, -0.1) is 11.3 Å². The molecule has 7 rings (SSSR count). The Morgan fingerprint density at radius 3 is 2.26 bits per heavy atom. The van der Waals surface area contributed by atoms with Crippen LogP contribution in [0.3, 0.4) is 0 Å². The van der Waals surface area contributed by atoms with Crippen molar-refractivity contribution in [3.05, 3.63) is 112 Å². The molecule has 0 saturated carbocycles. The molecule has 3 aromatic carbocycles. The fourth-order valence-electron chi connectivity index (χ4n) is 8.97. The van der Waals surface area contributed by atoms with Crippen molar-refractivity contribution in [3.63, 3.8) is 0 Å². The number of amides is 4. The number of likely N-dealkylation sites (tertiary alicyclic amines) is 1. The zero-order valence-corrected chi connectivity index (χ0v) is 44.4. The second-order valence-electron chi connectivity index (χ2n) is 20.0. The number of β-amino-alcohol motifs (C(OH)–C–C–N with tert-alkyl or cyclic N) is 1. The van der Waals surface area contributed by atoms with Gasteiger partial charge in [0.1, 0.15) is 29.8 Å². The van der Waals surface area contributed by atoms with Gasteiger partial charge in [-0.3, -0.25) is 29.1 Å². The summed E-state index contributed by atoms with van der Waals surface area (Å²) in [4.78, 5) is 66.0. The minimum atomic E-state index is -5.37. The number of rotatable bonds is 17. The first-order valence-corrected chi connectivity index (χ1v) is 25.4. The van der Waals surface area contributed by atoms with Gasteiger partial charge in [0.15, 0.2) is 22.5 Å². The van der Waals surface area contributed by atoms with Crippen LogP contribution >= 0.6 is 23.6 Å². The number of anilines is 2. The molecule has 2 fully saturated rings. The maximum absolute atomic E-state index is 15.5. The smallest absolute Gasteiger partial charge is 0.420 e. The number of carbonyl (C=O) groups is 4. The summed E-state index contributed by atoms with van der Waals surface area (Å²) in [6.07, 6.45) is -9.99. The van der Waals surface area contributed by atoms with Gasteiger partial charge in [-0.05, 0) is 98.8 Å². The number of unbranched alkanes of at least 4 members (excludes halogenated alkanes) is 1. The highest BCUT2D eigenvalue weighted by atomic mass is 32.1. The highest BCUT2D eigenvalue weighted by Crippen LogP contribution is 2.45. The van der Waals surface area contributed by atoms with Crippen LogP contribution < -0.4 is 25.2 Å². The summed E-state index contributed by atoms with van der Waals surface area (Å²) < 4.78 is 128. The molecule has 4 heterocycles. The van der Waals surface area contributed by atoms with Crippen molar-refractivity contribution >= 4 is 63.7 Å². The molecule has 2 saturated heterocycles. The van der Waals surface area contributed by atoms with E-state index in [2.05, 4.69) is 20.6 Å². The van der Waals surface area contributed by atoms with Crippen LogP contribution in [0, 0.1) is 35.3 Å². The predicted octanol–water partition coefficient (Wildman–Crippen LogP) is 9.27. The van der Waals surface area contributed by atoms with Crippen molar-refractivity contribution in [2.75, 3.05) is 36.2 Å². The van der Waals surface area contributed by atoms with Crippen LogP contribution in [0.2, 0.25) is 0 Å². The molecule has 3 atom stereocenters. The van der Waals surface area contributed by atoms with E-state index in [1.165, 1.54) is 36.2 Å². The van der Waals surface area contributed by atoms with Gasteiger partial charge in [-0.1, -0.05) is 45.0 Å². The van der Waals surface area contributed by atoms with Gasteiger partial charge < -0.3 is 35.0 Å². The molecule has 3 N–H and O–H groups in total. The van der Waals surface area contributed by atoms with Gasteiger partial charge >= 0.3 is 12.4 Å². The lowest BCUT2D eigenvalue weighted by Gasteiger charge is -2.35. The molecule has 0 bridgehead atoms.